The first-order chi connectivity index (χ1) is 14.3. The van der Waals surface area contributed by atoms with Crippen LogP contribution < -0.4 is 0 Å². The Kier molecular flexibility index (Phi) is 7.75. The third-order valence-corrected chi connectivity index (χ3v) is 15.3. The third kappa shape index (κ3) is 4.25. The summed E-state index contributed by atoms with van der Waals surface area (Å²) in [6.07, 6.45) is 15.2. The van der Waals surface area contributed by atoms with E-state index in [2.05, 4.69) is 67.5 Å². The summed E-state index contributed by atoms with van der Waals surface area (Å²) in [4.78, 5) is 0. The highest BCUT2D eigenvalue weighted by Crippen LogP contribution is 2.58. The summed E-state index contributed by atoms with van der Waals surface area (Å²) in [5.41, 5.74) is 9.23. The van der Waals surface area contributed by atoms with Gasteiger partial charge in [0.25, 0.3) is 0 Å². The van der Waals surface area contributed by atoms with Crippen LogP contribution in [-0.2, 0) is 0 Å². The molecule has 1 saturated heterocycles. The van der Waals surface area contributed by atoms with Crippen LogP contribution >= 0.6 is 0 Å². The van der Waals surface area contributed by atoms with Gasteiger partial charge in [-0.3, -0.25) is 0 Å². The molecule has 0 spiro atoms. The Morgan fingerprint density at radius 1 is 0.867 bits per heavy atom. The van der Waals surface area contributed by atoms with Gasteiger partial charge in [-0.05, 0) is 63.0 Å². The molecule has 2 aliphatic carbocycles. The van der Waals surface area contributed by atoms with E-state index in [1.165, 1.54) is 51.0 Å². The predicted molar refractivity (Wildman–Crippen MR) is 138 cm³/mol. The molecular formula is C29H48Si. The molecule has 5 atom stereocenters. The summed E-state index contributed by atoms with van der Waals surface area (Å²) in [7, 11) is -1.59. The van der Waals surface area contributed by atoms with Crippen molar-refractivity contribution in [2.24, 2.45) is 17.8 Å². The van der Waals surface area contributed by atoms with Crippen LogP contribution in [0.1, 0.15) is 100 Å². The largest absolute Gasteiger partial charge is 0.0897 e. The Morgan fingerprint density at radius 2 is 1.50 bits per heavy atom. The van der Waals surface area contributed by atoms with Crippen LogP contribution in [-0.4, -0.2) is 8.07 Å². The van der Waals surface area contributed by atoms with E-state index >= 15 is 0 Å². The normalized spacial score (nSPS) is 34.7. The zero-order valence-electron chi connectivity index (χ0n) is 21.3. The molecule has 5 unspecified atom stereocenters. The molecule has 0 radical (unpaired) electrons. The zero-order valence-corrected chi connectivity index (χ0v) is 22.3. The van der Waals surface area contributed by atoms with Crippen molar-refractivity contribution < 1.29 is 0 Å². The number of hydrogen-bond donors (Lipinski definition) is 0. The molecule has 0 bridgehead atoms. The fourth-order valence-corrected chi connectivity index (χ4v) is 15.0. The molecule has 3 aliphatic rings. The van der Waals surface area contributed by atoms with Gasteiger partial charge in [-0.25, -0.2) is 0 Å². The van der Waals surface area contributed by atoms with Crippen LogP contribution in [0.3, 0.4) is 0 Å². The first-order valence-corrected chi connectivity index (χ1v) is 15.5. The van der Waals surface area contributed by atoms with Crippen LogP contribution in [0.15, 0.2) is 45.2 Å². The quantitative estimate of drug-likeness (QED) is 0.340. The highest BCUT2D eigenvalue weighted by Gasteiger charge is 2.52. The summed E-state index contributed by atoms with van der Waals surface area (Å²) in [5, 5.41) is 1.96. The van der Waals surface area contributed by atoms with E-state index in [1.54, 1.807) is 28.3 Å². The Labute approximate surface area is 189 Å². The van der Waals surface area contributed by atoms with Gasteiger partial charge in [-0.1, -0.05) is 118 Å². The van der Waals surface area contributed by atoms with Gasteiger partial charge in [0.1, 0.15) is 0 Å². The molecule has 0 aromatic carbocycles. The maximum Gasteiger partial charge on any atom is 0.0897 e. The minimum atomic E-state index is -1.59. The van der Waals surface area contributed by atoms with Crippen molar-refractivity contribution in [3.63, 3.8) is 0 Å². The standard InChI is InChI=1S/C29H48Si/c1-9-11-13-26-14-16-30(15-12-10-2,29-23(6)18-21(4)25(29)8)27(19-26)28-22(5)17-20(3)24(28)7/h17-18,22-23,26-27H,9-16,19H2,1-8H3. The minimum absolute atomic E-state index is 0.653. The summed E-state index contributed by atoms with van der Waals surface area (Å²) in [5.74, 6) is 2.28. The second-order valence-electron chi connectivity index (χ2n) is 11.0. The molecular weight excluding hydrogens is 376 g/mol. The number of rotatable bonds is 8. The van der Waals surface area contributed by atoms with Gasteiger partial charge in [0, 0.05) is 0 Å². The molecule has 0 aromatic heterocycles. The lowest BCUT2D eigenvalue weighted by Crippen LogP contribution is -2.49. The summed E-state index contributed by atoms with van der Waals surface area (Å²) < 4.78 is 0. The first-order valence-electron chi connectivity index (χ1n) is 13.1. The summed E-state index contributed by atoms with van der Waals surface area (Å²) in [6, 6.07) is 3.07. The average Bonchev–Trinajstić information content (AvgIpc) is 3.12. The van der Waals surface area contributed by atoms with Gasteiger partial charge in [0.15, 0.2) is 0 Å². The molecule has 1 fully saturated rings. The van der Waals surface area contributed by atoms with Crippen LogP contribution in [0.25, 0.3) is 0 Å². The van der Waals surface area contributed by atoms with E-state index in [-0.39, 0.29) is 0 Å². The molecule has 0 aromatic rings. The van der Waals surface area contributed by atoms with Crippen molar-refractivity contribution in [2.45, 2.75) is 118 Å². The van der Waals surface area contributed by atoms with Gasteiger partial charge >= 0.3 is 0 Å². The van der Waals surface area contributed by atoms with Crippen LogP contribution in [0.5, 0.6) is 0 Å². The van der Waals surface area contributed by atoms with Gasteiger partial charge in [0.2, 0.25) is 0 Å². The lowest BCUT2D eigenvalue weighted by molar-refractivity contribution is 0.390. The van der Waals surface area contributed by atoms with E-state index in [9.17, 15) is 0 Å². The van der Waals surface area contributed by atoms with Crippen molar-refractivity contribution in [2.75, 3.05) is 0 Å². The molecule has 168 valence electrons. The van der Waals surface area contributed by atoms with E-state index in [0.717, 1.165) is 11.5 Å². The van der Waals surface area contributed by atoms with E-state index in [0.29, 0.717) is 11.8 Å². The van der Waals surface area contributed by atoms with Crippen molar-refractivity contribution in [1.82, 2.24) is 0 Å². The number of allylic oxidation sites excluding steroid dienone is 8. The zero-order chi connectivity index (χ0) is 22.1. The molecule has 0 nitrogen and oxygen atoms in total. The predicted octanol–water partition coefficient (Wildman–Crippen LogP) is 9.57. The Morgan fingerprint density at radius 3 is 2.03 bits per heavy atom. The summed E-state index contributed by atoms with van der Waals surface area (Å²) >= 11 is 0. The highest BCUT2D eigenvalue weighted by atomic mass is 28.3. The highest BCUT2D eigenvalue weighted by molar-refractivity contribution is 6.89. The van der Waals surface area contributed by atoms with Gasteiger partial charge in [-0.15, -0.1) is 0 Å². The lowest BCUT2D eigenvalue weighted by atomic mass is 9.87. The topological polar surface area (TPSA) is 0 Å². The van der Waals surface area contributed by atoms with Crippen molar-refractivity contribution in [3.05, 3.63) is 45.2 Å². The van der Waals surface area contributed by atoms with E-state index < -0.39 is 8.07 Å². The molecule has 1 heterocycles. The smallest absolute Gasteiger partial charge is 0.0748 e. The average molecular weight is 425 g/mol. The third-order valence-electron chi connectivity index (χ3n) is 9.05. The Balaban J connectivity index is 2.11. The first kappa shape index (κ1) is 23.8. The Hall–Kier alpha value is -0.823. The number of unbranched alkanes of at least 4 members (excludes halogenated alkanes) is 2. The number of hydrogen-bond acceptors (Lipinski definition) is 0. The lowest BCUT2D eigenvalue weighted by Gasteiger charge is -2.50. The van der Waals surface area contributed by atoms with Crippen molar-refractivity contribution in [3.8, 4) is 0 Å². The second-order valence-corrected chi connectivity index (χ2v) is 15.5. The minimum Gasteiger partial charge on any atom is -0.0748 e. The van der Waals surface area contributed by atoms with Gasteiger partial charge in [0.05, 0.1) is 8.07 Å². The summed E-state index contributed by atoms with van der Waals surface area (Å²) in [6.45, 7) is 19.4. The van der Waals surface area contributed by atoms with Gasteiger partial charge in [-0.2, -0.15) is 0 Å². The molecule has 0 amide bonds. The molecule has 1 heteroatoms. The van der Waals surface area contributed by atoms with Crippen molar-refractivity contribution in [1.29, 1.82) is 0 Å². The monoisotopic (exact) mass is 424 g/mol. The molecule has 0 N–H and O–H groups in total. The fraction of sp³-hybridized carbons (Fsp3) is 0.724. The van der Waals surface area contributed by atoms with Crippen molar-refractivity contribution >= 4 is 8.07 Å². The van der Waals surface area contributed by atoms with Crippen LogP contribution in [0, 0.1) is 17.8 Å². The van der Waals surface area contributed by atoms with E-state index in [1.807, 2.05) is 10.8 Å². The maximum atomic E-state index is 2.59. The fourth-order valence-electron chi connectivity index (χ4n) is 7.44. The molecule has 3 rings (SSSR count). The molecule has 0 saturated carbocycles. The Bertz CT molecular complexity index is 761. The van der Waals surface area contributed by atoms with Crippen LogP contribution in [0.4, 0.5) is 0 Å². The van der Waals surface area contributed by atoms with E-state index in [4.69, 9.17) is 0 Å². The molecule has 1 aliphatic heterocycles. The SMILES string of the molecule is CCCCC1CC[Si](CCCC)(C2=C(C)C(C)=CC2C)C(C2=C(C)C(C)=CC2C)C1. The maximum absolute atomic E-state index is 2.59. The molecule has 30 heavy (non-hydrogen) atoms. The second kappa shape index (κ2) is 9.76. The van der Waals surface area contributed by atoms with Crippen LogP contribution in [0.2, 0.25) is 17.6 Å². The van der Waals surface area contributed by atoms with Gasteiger partial charge < -0.3 is 0 Å².